The third kappa shape index (κ3) is 2.66. The first-order chi connectivity index (χ1) is 7.34. The van der Waals surface area contributed by atoms with E-state index in [2.05, 4.69) is 0 Å². The predicted molar refractivity (Wildman–Crippen MR) is 60.6 cm³/mol. The van der Waals surface area contributed by atoms with E-state index in [4.69, 9.17) is 16.0 Å². The first kappa shape index (κ1) is 13.3. The average molecular weight is 269 g/mol. The van der Waals surface area contributed by atoms with Crippen LogP contribution in [0.5, 0.6) is 5.75 Å². The van der Waals surface area contributed by atoms with Crippen LogP contribution in [0.2, 0.25) is 0 Å². The van der Waals surface area contributed by atoms with Crippen molar-refractivity contribution in [3.63, 3.8) is 0 Å². The summed E-state index contributed by atoms with van der Waals surface area (Å²) in [5, 5.41) is 9.95. The summed E-state index contributed by atoms with van der Waals surface area (Å²) >= 11 is 4.78. The Labute approximate surface area is 105 Å². The molecule has 0 fully saturated rings. The van der Waals surface area contributed by atoms with Crippen LogP contribution in [0, 0.1) is 0 Å². The molecule has 0 unspecified atom stereocenters. The molecule has 0 aliphatic carbocycles. The van der Waals surface area contributed by atoms with Gasteiger partial charge in [-0.25, -0.2) is 0 Å². The number of rotatable bonds is 3. The molecule has 0 saturated carbocycles. The van der Waals surface area contributed by atoms with Gasteiger partial charge in [-0.1, -0.05) is 0 Å². The molecule has 2 nitrogen and oxygen atoms in total. The molecule has 0 spiro atoms. The van der Waals surface area contributed by atoms with E-state index in [0.717, 1.165) is 11.1 Å². The molecule has 16 heavy (non-hydrogen) atoms. The fourth-order valence-electron chi connectivity index (χ4n) is 1.59. The van der Waals surface area contributed by atoms with Crippen LogP contribution in [0.3, 0.4) is 0 Å². The van der Waals surface area contributed by atoms with Gasteiger partial charge in [0.25, 0.3) is 0 Å². The molecule has 1 rings (SSSR count). The normalized spacial score (nSPS) is 11.2. The van der Waals surface area contributed by atoms with Crippen LogP contribution in [0.25, 0.3) is 0 Å². The van der Waals surface area contributed by atoms with Gasteiger partial charge < -0.3 is 0 Å². The van der Waals surface area contributed by atoms with Crippen LogP contribution in [-0.4, -0.2) is 9.79 Å². The maximum atomic E-state index is 11.3. The molecule has 3 heteroatoms. The van der Waals surface area contributed by atoms with Crippen molar-refractivity contribution in [2.45, 2.75) is 39.5 Å². The monoisotopic (exact) mass is 268 g/mol. The summed E-state index contributed by atoms with van der Waals surface area (Å²) in [6.07, 6.45) is 0. The molecule has 0 aliphatic heterocycles. The zero-order valence-corrected chi connectivity index (χ0v) is 10.9. The molecular formula is C13H17CuO2. The number of phenols is 1. The first-order valence-electron chi connectivity index (χ1n) is 5.37. The van der Waals surface area contributed by atoms with Crippen LogP contribution >= 0.6 is 0 Å². The van der Waals surface area contributed by atoms with Crippen molar-refractivity contribution in [2.24, 2.45) is 0 Å². The molecule has 0 radical (unpaired) electrons. The van der Waals surface area contributed by atoms with Gasteiger partial charge in [-0.05, 0) is 0 Å². The molecule has 0 bridgehead atoms. The Bertz CT molecular complexity index is 409. The average Bonchev–Trinajstić information content (AvgIpc) is 2.16. The number of hydrogen-bond donors (Lipinski definition) is 1. The van der Waals surface area contributed by atoms with E-state index < -0.39 is 4.68 Å². The number of carbonyl (C=O) groups excluding carboxylic acids is 1. The van der Waals surface area contributed by atoms with Gasteiger partial charge in [-0.15, -0.1) is 0 Å². The van der Waals surface area contributed by atoms with Gasteiger partial charge in [0.2, 0.25) is 0 Å². The zero-order chi connectivity index (χ0) is 12.5. The van der Waals surface area contributed by atoms with Crippen molar-refractivity contribution < 1.29 is 25.9 Å². The standard InChI is InChI=1S/C13H17O2.Cu/c1-8(2)10-5-11(7-14)13(15)12(6-10)9(3)4;/h5-6,8-9,15H,1-4H3;. The second-order valence-electron chi connectivity index (χ2n) is 4.55. The quantitative estimate of drug-likeness (QED) is 0.854. The van der Waals surface area contributed by atoms with Crippen LogP contribution in [-0.2, 0) is 16.0 Å². The van der Waals surface area contributed by atoms with Crippen molar-refractivity contribution in [2.75, 3.05) is 0 Å². The molecule has 0 aromatic heterocycles. The van der Waals surface area contributed by atoms with E-state index in [1.807, 2.05) is 33.8 Å². The molecule has 1 aromatic rings. The summed E-state index contributed by atoms with van der Waals surface area (Å²) in [5.41, 5.74) is 2.07. The van der Waals surface area contributed by atoms with Gasteiger partial charge >= 0.3 is 105 Å². The fraction of sp³-hybridized carbons (Fsp3) is 0.462. The van der Waals surface area contributed by atoms with Crippen molar-refractivity contribution >= 4 is 4.68 Å². The van der Waals surface area contributed by atoms with E-state index in [0.29, 0.717) is 5.92 Å². The van der Waals surface area contributed by atoms with Crippen molar-refractivity contribution in [1.29, 1.82) is 0 Å². The van der Waals surface area contributed by atoms with E-state index in [1.54, 1.807) is 6.07 Å². The topological polar surface area (TPSA) is 37.3 Å². The number of benzene rings is 1. The molecule has 0 aliphatic rings. The molecule has 1 aromatic carbocycles. The van der Waals surface area contributed by atoms with Crippen LogP contribution in [0.15, 0.2) is 12.1 Å². The van der Waals surface area contributed by atoms with E-state index in [-0.39, 0.29) is 17.2 Å². The summed E-state index contributed by atoms with van der Waals surface area (Å²) in [5.74, 6) is 0.516. The van der Waals surface area contributed by atoms with Gasteiger partial charge in [0.1, 0.15) is 0 Å². The molecule has 0 atom stereocenters. The summed E-state index contributed by atoms with van der Waals surface area (Å²) in [4.78, 5) is 11.3. The number of aromatic hydroxyl groups is 1. The van der Waals surface area contributed by atoms with Crippen LogP contribution in [0.1, 0.15) is 61.0 Å². The van der Waals surface area contributed by atoms with E-state index >= 15 is 0 Å². The Morgan fingerprint density at radius 1 is 1.19 bits per heavy atom. The second kappa shape index (κ2) is 5.03. The van der Waals surface area contributed by atoms with E-state index in [9.17, 15) is 9.90 Å². The van der Waals surface area contributed by atoms with Crippen molar-refractivity contribution in [3.8, 4) is 5.75 Å². The minimum absolute atomic E-state index is 0.0359. The Balaban J connectivity index is 3.45. The van der Waals surface area contributed by atoms with Gasteiger partial charge in [-0.2, -0.15) is 0 Å². The molecular weight excluding hydrogens is 252 g/mol. The number of phenolic OH excluding ortho intramolecular Hbond substituents is 1. The molecule has 0 saturated heterocycles. The molecule has 0 amide bonds. The summed E-state index contributed by atoms with van der Waals surface area (Å²) in [7, 11) is 0. The SMILES string of the molecule is CC(C)c1cc([C](=O)[Cu])c(O)c(C(C)C)c1. The number of hydrogen-bond acceptors (Lipinski definition) is 2. The summed E-state index contributed by atoms with van der Waals surface area (Å²) < 4.78 is -0.519. The molecule has 0 heterocycles. The van der Waals surface area contributed by atoms with Gasteiger partial charge in [0.05, 0.1) is 0 Å². The third-order valence-electron chi connectivity index (χ3n) is 2.64. The Kier molecular flexibility index (Phi) is 4.17. The Morgan fingerprint density at radius 3 is 2.12 bits per heavy atom. The Hall–Kier alpha value is -0.791. The minimum atomic E-state index is -0.519. The molecule has 92 valence electrons. The third-order valence-corrected chi connectivity index (χ3v) is 2.90. The van der Waals surface area contributed by atoms with Gasteiger partial charge in [-0.3, -0.25) is 0 Å². The first-order valence-corrected chi connectivity index (χ1v) is 5.84. The Morgan fingerprint density at radius 2 is 1.75 bits per heavy atom. The maximum absolute atomic E-state index is 11.3. The van der Waals surface area contributed by atoms with Gasteiger partial charge in [0, 0.05) is 0 Å². The predicted octanol–water partition coefficient (Wildman–Crippen LogP) is 3.33. The van der Waals surface area contributed by atoms with Crippen molar-refractivity contribution in [1.82, 2.24) is 0 Å². The van der Waals surface area contributed by atoms with Gasteiger partial charge in [0.15, 0.2) is 0 Å². The number of carbonyl (C=O) groups is 1. The van der Waals surface area contributed by atoms with E-state index in [1.165, 1.54) is 0 Å². The fourth-order valence-corrected chi connectivity index (χ4v) is 1.77. The summed E-state index contributed by atoms with van der Waals surface area (Å²) in [6, 6.07) is 3.64. The van der Waals surface area contributed by atoms with Crippen molar-refractivity contribution in [3.05, 3.63) is 28.8 Å². The molecule has 1 N–H and O–H groups in total. The second-order valence-corrected chi connectivity index (χ2v) is 4.98. The summed E-state index contributed by atoms with van der Waals surface area (Å²) in [6.45, 7) is 8.06. The van der Waals surface area contributed by atoms with Crippen LogP contribution in [0.4, 0.5) is 0 Å². The van der Waals surface area contributed by atoms with Crippen LogP contribution < -0.4 is 0 Å². The zero-order valence-electron chi connectivity index (χ0n) is 9.97.